The van der Waals surface area contributed by atoms with E-state index in [1.165, 1.54) is 11.6 Å². The van der Waals surface area contributed by atoms with Crippen molar-refractivity contribution >= 4 is 21.5 Å². The summed E-state index contributed by atoms with van der Waals surface area (Å²) in [5, 5.41) is 3.02. The summed E-state index contributed by atoms with van der Waals surface area (Å²) >= 11 is 0. The maximum atomic E-state index is 12.7. The Morgan fingerprint density at radius 1 is 0.966 bits per heavy atom. The monoisotopic (exact) mass is 412 g/mol. The minimum Gasteiger partial charge on any atom is -0.362 e. The molecule has 1 N–H and O–H groups in total. The van der Waals surface area contributed by atoms with Gasteiger partial charge in [-0.3, -0.25) is 4.79 Å². The van der Waals surface area contributed by atoms with Gasteiger partial charge in [0.1, 0.15) is 0 Å². The van der Waals surface area contributed by atoms with E-state index in [1.807, 2.05) is 24.3 Å². The third-order valence-corrected chi connectivity index (χ3v) is 7.07. The molecule has 1 saturated heterocycles. The van der Waals surface area contributed by atoms with Gasteiger partial charge in [0.05, 0.1) is 4.90 Å². The Balaban J connectivity index is 1.60. The van der Waals surface area contributed by atoms with Crippen molar-refractivity contribution in [1.82, 2.24) is 4.31 Å². The summed E-state index contributed by atoms with van der Waals surface area (Å²) in [4.78, 5) is 12.6. The van der Waals surface area contributed by atoms with E-state index in [1.54, 1.807) is 34.8 Å². The summed E-state index contributed by atoms with van der Waals surface area (Å²) in [5.41, 5.74) is 2.56. The van der Waals surface area contributed by atoms with Crippen LogP contribution in [-0.2, 0) is 10.0 Å². The molecule has 1 aliphatic rings. The minimum atomic E-state index is -3.43. The van der Waals surface area contributed by atoms with E-state index in [9.17, 15) is 13.2 Å². The number of hydrogen-bond donors (Lipinski definition) is 1. The topological polar surface area (TPSA) is 66.5 Å². The first-order valence-corrected chi connectivity index (χ1v) is 11.5. The molecule has 1 heterocycles. The van der Waals surface area contributed by atoms with Crippen LogP contribution in [0.25, 0.3) is 0 Å². The third kappa shape index (κ3) is 5.34. The summed E-state index contributed by atoms with van der Waals surface area (Å²) in [6.45, 7) is 5.41. The molecule has 0 bridgehead atoms. The zero-order valence-electron chi connectivity index (χ0n) is 17.0. The highest BCUT2D eigenvalue weighted by molar-refractivity contribution is 7.89. The van der Waals surface area contributed by atoms with Crippen LogP contribution in [0.4, 0.5) is 5.69 Å². The number of carbonyl (C=O) groups is 1. The summed E-state index contributed by atoms with van der Waals surface area (Å²) in [6.07, 6.45) is 5.97. The lowest BCUT2D eigenvalue weighted by molar-refractivity contribution is 0.104. The molecule has 29 heavy (non-hydrogen) atoms. The maximum absolute atomic E-state index is 12.7. The Bertz CT molecular complexity index is 956. The van der Waals surface area contributed by atoms with E-state index >= 15 is 0 Å². The number of sulfonamides is 1. The number of anilines is 1. The van der Waals surface area contributed by atoms with Crippen molar-refractivity contribution in [1.29, 1.82) is 0 Å². The average molecular weight is 413 g/mol. The number of ketones is 1. The number of nitrogens with one attached hydrogen (secondary N) is 1. The van der Waals surface area contributed by atoms with Gasteiger partial charge in [-0.25, -0.2) is 8.42 Å². The Morgan fingerprint density at radius 2 is 1.59 bits per heavy atom. The van der Waals surface area contributed by atoms with Crippen LogP contribution in [0.3, 0.4) is 0 Å². The van der Waals surface area contributed by atoms with Crippen molar-refractivity contribution in [3.63, 3.8) is 0 Å². The molecule has 0 saturated carbocycles. The largest absolute Gasteiger partial charge is 0.362 e. The van der Waals surface area contributed by atoms with E-state index < -0.39 is 10.0 Å². The minimum absolute atomic E-state index is 0.0860. The van der Waals surface area contributed by atoms with Gasteiger partial charge in [-0.15, -0.1) is 0 Å². The van der Waals surface area contributed by atoms with Crippen molar-refractivity contribution in [3.05, 3.63) is 71.9 Å². The molecule has 5 nitrogen and oxygen atoms in total. The number of nitrogens with zero attached hydrogens (tertiary/aromatic N) is 1. The van der Waals surface area contributed by atoms with Gasteiger partial charge in [-0.1, -0.05) is 44.5 Å². The second-order valence-electron chi connectivity index (χ2n) is 7.61. The van der Waals surface area contributed by atoms with Gasteiger partial charge >= 0.3 is 0 Å². The van der Waals surface area contributed by atoms with Crippen LogP contribution in [0.15, 0.2) is 65.7 Å². The lowest BCUT2D eigenvalue weighted by Crippen LogP contribution is -2.35. The van der Waals surface area contributed by atoms with Crippen molar-refractivity contribution in [3.8, 4) is 0 Å². The summed E-state index contributed by atoms with van der Waals surface area (Å²) < 4.78 is 26.9. The molecule has 154 valence electrons. The smallest absolute Gasteiger partial charge is 0.243 e. The highest BCUT2D eigenvalue weighted by Gasteiger charge is 2.25. The lowest BCUT2D eigenvalue weighted by Gasteiger charge is -2.25. The van der Waals surface area contributed by atoms with Gasteiger partial charge in [0.25, 0.3) is 0 Å². The maximum Gasteiger partial charge on any atom is 0.243 e. The van der Waals surface area contributed by atoms with Gasteiger partial charge < -0.3 is 5.32 Å². The highest BCUT2D eigenvalue weighted by Crippen LogP contribution is 2.22. The number of benzene rings is 2. The highest BCUT2D eigenvalue weighted by atomic mass is 32.2. The second-order valence-corrected chi connectivity index (χ2v) is 9.55. The fraction of sp³-hybridized carbons (Fsp3) is 0.348. The molecule has 0 spiro atoms. The van der Waals surface area contributed by atoms with Gasteiger partial charge in [0.15, 0.2) is 5.78 Å². The number of rotatable bonds is 7. The molecule has 0 amide bonds. The molecule has 0 atom stereocenters. The molecular formula is C23H28N2O3S. The number of carbonyl (C=O) groups excluding carboxylic acids is 1. The summed E-state index contributed by atoms with van der Waals surface area (Å²) in [7, 11) is -3.43. The van der Waals surface area contributed by atoms with Crippen LogP contribution in [0.5, 0.6) is 0 Å². The van der Waals surface area contributed by atoms with Crippen molar-refractivity contribution in [2.75, 3.05) is 18.4 Å². The van der Waals surface area contributed by atoms with Gasteiger partial charge in [-0.05, 0) is 48.6 Å². The zero-order valence-corrected chi connectivity index (χ0v) is 17.8. The first-order valence-electron chi connectivity index (χ1n) is 10.1. The fourth-order valence-corrected chi connectivity index (χ4v) is 4.84. The Kier molecular flexibility index (Phi) is 6.87. The first-order chi connectivity index (χ1) is 13.9. The van der Waals surface area contributed by atoms with E-state index in [4.69, 9.17) is 0 Å². The summed E-state index contributed by atoms with van der Waals surface area (Å²) in [6, 6.07) is 14.2. The molecule has 0 aliphatic carbocycles. The standard InChI is InChI=1S/C23H28N2O3S/c1-18(2)19-6-8-20(9-7-19)23(26)14-15-24-21-10-12-22(13-11-21)29(27,28)25-16-4-3-5-17-25/h6-15,18,24H,3-5,16-17H2,1-2H3/b15-14+. The van der Waals surface area contributed by atoms with Crippen LogP contribution < -0.4 is 5.32 Å². The Hall–Kier alpha value is -2.44. The molecule has 2 aromatic rings. The van der Waals surface area contributed by atoms with Crippen LogP contribution in [-0.4, -0.2) is 31.6 Å². The summed E-state index contributed by atoms with van der Waals surface area (Å²) in [5.74, 6) is 0.343. The zero-order chi connectivity index (χ0) is 20.9. The Morgan fingerprint density at radius 3 is 2.17 bits per heavy atom. The quantitative estimate of drug-likeness (QED) is 0.524. The Labute approximate surface area is 173 Å². The van der Waals surface area contributed by atoms with Crippen molar-refractivity contribution in [2.45, 2.75) is 43.9 Å². The predicted molar refractivity (Wildman–Crippen MR) is 117 cm³/mol. The van der Waals surface area contributed by atoms with E-state index in [0.29, 0.717) is 29.5 Å². The number of piperidine rings is 1. The normalized spacial score (nSPS) is 15.7. The van der Waals surface area contributed by atoms with Gasteiger partial charge in [0, 0.05) is 36.6 Å². The van der Waals surface area contributed by atoms with Crippen molar-refractivity contribution < 1.29 is 13.2 Å². The SMILES string of the molecule is CC(C)c1ccc(C(=O)/C=C/Nc2ccc(S(=O)(=O)N3CCCCC3)cc2)cc1. The van der Waals surface area contributed by atoms with E-state index in [-0.39, 0.29) is 5.78 Å². The molecule has 0 aromatic heterocycles. The van der Waals surface area contributed by atoms with E-state index in [0.717, 1.165) is 24.9 Å². The first kappa shape index (κ1) is 21.3. The van der Waals surface area contributed by atoms with Crippen LogP contribution in [0.1, 0.15) is 54.9 Å². The number of hydrogen-bond acceptors (Lipinski definition) is 4. The second kappa shape index (κ2) is 9.37. The van der Waals surface area contributed by atoms with Crippen LogP contribution in [0.2, 0.25) is 0 Å². The van der Waals surface area contributed by atoms with E-state index in [2.05, 4.69) is 19.2 Å². The van der Waals surface area contributed by atoms with Crippen LogP contribution >= 0.6 is 0 Å². The molecule has 3 rings (SSSR count). The molecular weight excluding hydrogens is 384 g/mol. The van der Waals surface area contributed by atoms with Gasteiger partial charge in [0.2, 0.25) is 10.0 Å². The average Bonchev–Trinajstić information content (AvgIpc) is 2.74. The lowest BCUT2D eigenvalue weighted by atomic mass is 10.0. The van der Waals surface area contributed by atoms with Crippen LogP contribution in [0, 0.1) is 0 Å². The third-order valence-electron chi connectivity index (χ3n) is 5.15. The molecule has 0 unspecified atom stereocenters. The van der Waals surface area contributed by atoms with Gasteiger partial charge in [-0.2, -0.15) is 4.31 Å². The molecule has 6 heteroatoms. The molecule has 1 aliphatic heterocycles. The van der Waals surface area contributed by atoms with Crippen molar-refractivity contribution in [2.24, 2.45) is 0 Å². The molecule has 2 aromatic carbocycles. The fourth-order valence-electron chi connectivity index (χ4n) is 3.32. The molecule has 0 radical (unpaired) electrons. The number of allylic oxidation sites excluding steroid dienone is 1. The molecule has 1 fully saturated rings. The predicted octanol–water partition coefficient (Wildman–Crippen LogP) is 4.79.